The summed E-state index contributed by atoms with van der Waals surface area (Å²) in [5.41, 5.74) is 5.94. The largest absolute Gasteiger partial charge is 0.356 e. The number of hydrogen-bond acceptors (Lipinski definition) is 4. The SMILES string of the molecule is Cc1ccc(Cn2cc(C3OCCN3Cc3cccc(C)c3)nn2)cc1. The van der Waals surface area contributed by atoms with Crippen LogP contribution in [0.4, 0.5) is 0 Å². The van der Waals surface area contributed by atoms with E-state index in [4.69, 9.17) is 4.74 Å². The highest BCUT2D eigenvalue weighted by molar-refractivity contribution is 5.23. The maximum Gasteiger partial charge on any atom is 0.157 e. The van der Waals surface area contributed by atoms with Crippen LogP contribution in [-0.4, -0.2) is 33.0 Å². The van der Waals surface area contributed by atoms with E-state index in [9.17, 15) is 0 Å². The molecule has 4 rings (SSSR count). The number of aryl methyl sites for hydroxylation is 2. The van der Waals surface area contributed by atoms with Gasteiger partial charge in [-0.1, -0.05) is 64.9 Å². The topological polar surface area (TPSA) is 43.2 Å². The van der Waals surface area contributed by atoms with Gasteiger partial charge < -0.3 is 4.74 Å². The quantitative estimate of drug-likeness (QED) is 0.708. The molecule has 0 radical (unpaired) electrons. The summed E-state index contributed by atoms with van der Waals surface area (Å²) >= 11 is 0. The molecule has 5 nitrogen and oxygen atoms in total. The lowest BCUT2D eigenvalue weighted by molar-refractivity contribution is 0.0252. The molecule has 1 atom stereocenters. The van der Waals surface area contributed by atoms with E-state index in [1.54, 1.807) is 0 Å². The molecule has 26 heavy (non-hydrogen) atoms. The van der Waals surface area contributed by atoms with Crippen LogP contribution in [0.15, 0.2) is 54.7 Å². The summed E-state index contributed by atoms with van der Waals surface area (Å²) < 4.78 is 7.82. The predicted molar refractivity (Wildman–Crippen MR) is 101 cm³/mol. The molecule has 0 aliphatic carbocycles. The van der Waals surface area contributed by atoms with Crippen molar-refractivity contribution in [2.75, 3.05) is 13.2 Å². The number of benzene rings is 2. The molecule has 1 fully saturated rings. The monoisotopic (exact) mass is 348 g/mol. The molecular formula is C21H24N4O. The van der Waals surface area contributed by atoms with Crippen molar-refractivity contribution in [3.8, 4) is 0 Å². The van der Waals surface area contributed by atoms with Crippen LogP contribution < -0.4 is 0 Å². The Labute approximate surface area is 154 Å². The molecule has 2 aromatic carbocycles. The van der Waals surface area contributed by atoms with Crippen LogP contribution in [-0.2, 0) is 17.8 Å². The third-order valence-electron chi connectivity index (χ3n) is 4.73. The molecule has 0 bridgehead atoms. The second-order valence-corrected chi connectivity index (χ2v) is 7.01. The number of ether oxygens (including phenoxy) is 1. The van der Waals surface area contributed by atoms with Crippen LogP contribution in [0.1, 0.15) is 34.2 Å². The molecule has 5 heteroatoms. The van der Waals surface area contributed by atoms with Crippen molar-refractivity contribution in [1.29, 1.82) is 0 Å². The summed E-state index contributed by atoms with van der Waals surface area (Å²) in [5.74, 6) is 0. The van der Waals surface area contributed by atoms with Crippen molar-refractivity contribution in [1.82, 2.24) is 19.9 Å². The molecule has 2 heterocycles. The molecule has 0 saturated carbocycles. The Kier molecular flexibility index (Phi) is 4.82. The maximum atomic E-state index is 5.94. The zero-order valence-electron chi connectivity index (χ0n) is 15.3. The minimum absolute atomic E-state index is 0.123. The normalized spacial score (nSPS) is 17.7. The van der Waals surface area contributed by atoms with Crippen molar-refractivity contribution in [2.45, 2.75) is 33.2 Å². The third kappa shape index (κ3) is 3.84. The van der Waals surface area contributed by atoms with Gasteiger partial charge in [-0.15, -0.1) is 5.10 Å². The molecule has 3 aromatic rings. The van der Waals surface area contributed by atoms with Gasteiger partial charge in [-0.2, -0.15) is 0 Å². The van der Waals surface area contributed by atoms with Gasteiger partial charge in [-0.05, 0) is 25.0 Å². The molecule has 1 saturated heterocycles. The highest BCUT2D eigenvalue weighted by Crippen LogP contribution is 2.27. The van der Waals surface area contributed by atoms with Gasteiger partial charge in [-0.25, -0.2) is 4.68 Å². The number of rotatable bonds is 5. The van der Waals surface area contributed by atoms with Gasteiger partial charge in [0.1, 0.15) is 5.69 Å². The van der Waals surface area contributed by atoms with Gasteiger partial charge in [0.15, 0.2) is 6.23 Å². The summed E-state index contributed by atoms with van der Waals surface area (Å²) in [6.45, 7) is 7.43. The number of nitrogens with zero attached hydrogens (tertiary/aromatic N) is 4. The van der Waals surface area contributed by atoms with E-state index in [2.05, 4.69) is 77.6 Å². The van der Waals surface area contributed by atoms with Gasteiger partial charge >= 0.3 is 0 Å². The van der Waals surface area contributed by atoms with Crippen LogP contribution in [0.3, 0.4) is 0 Å². The van der Waals surface area contributed by atoms with E-state index in [0.717, 1.165) is 31.9 Å². The Morgan fingerprint density at radius 3 is 2.65 bits per heavy atom. The first-order chi connectivity index (χ1) is 12.7. The highest BCUT2D eigenvalue weighted by Gasteiger charge is 2.29. The summed E-state index contributed by atoms with van der Waals surface area (Å²) in [7, 11) is 0. The predicted octanol–water partition coefficient (Wildman–Crippen LogP) is 3.47. The summed E-state index contributed by atoms with van der Waals surface area (Å²) in [6.07, 6.45) is 1.88. The van der Waals surface area contributed by atoms with Crippen LogP contribution >= 0.6 is 0 Å². The van der Waals surface area contributed by atoms with Gasteiger partial charge in [0, 0.05) is 13.1 Å². The lowest BCUT2D eigenvalue weighted by Crippen LogP contribution is -2.23. The molecular weight excluding hydrogens is 324 g/mol. The van der Waals surface area contributed by atoms with Gasteiger partial charge in [0.05, 0.1) is 19.3 Å². The first kappa shape index (κ1) is 16.9. The Bertz CT molecular complexity index is 872. The molecule has 0 amide bonds. The van der Waals surface area contributed by atoms with Crippen molar-refractivity contribution < 1.29 is 4.74 Å². The third-order valence-corrected chi connectivity index (χ3v) is 4.73. The number of hydrogen-bond donors (Lipinski definition) is 0. The Hall–Kier alpha value is -2.50. The van der Waals surface area contributed by atoms with Crippen LogP contribution in [0, 0.1) is 13.8 Å². The van der Waals surface area contributed by atoms with Crippen molar-refractivity contribution in [3.05, 3.63) is 82.7 Å². The number of aromatic nitrogens is 3. The Balaban J connectivity index is 1.46. The van der Waals surface area contributed by atoms with E-state index in [1.807, 2.05) is 10.9 Å². The van der Waals surface area contributed by atoms with E-state index in [-0.39, 0.29) is 6.23 Å². The zero-order chi connectivity index (χ0) is 17.9. The first-order valence-electron chi connectivity index (χ1n) is 9.04. The van der Waals surface area contributed by atoms with Gasteiger partial charge in [-0.3, -0.25) is 4.90 Å². The molecule has 1 aliphatic heterocycles. The lowest BCUT2D eigenvalue weighted by Gasteiger charge is -2.21. The average Bonchev–Trinajstić information content (AvgIpc) is 3.26. The highest BCUT2D eigenvalue weighted by atomic mass is 16.5. The van der Waals surface area contributed by atoms with Crippen molar-refractivity contribution in [2.24, 2.45) is 0 Å². The van der Waals surface area contributed by atoms with E-state index in [1.165, 1.54) is 22.3 Å². The second kappa shape index (κ2) is 7.40. The van der Waals surface area contributed by atoms with Gasteiger partial charge in [0.2, 0.25) is 0 Å². The van der Waals surface area contributed by atoms with E-state index >= 15 is 0 Å². The van der Waals surface area contributed by atoms with Crippen molar-refractivity contribution in [3.63, 3.8) is 0 Å². The molecule has 0 N–H and O–H groups in total. The van der Waals surface area contributed by atoms with Crippen molar-refractivity contribution >= 4 is 0 Å². The summed E-state index contributed by atoms with van der Waals surface area (Å²) in [4.78, 5) is 2.31. The van der Waals surface area contributed by atoms with E-state index < -0.39 is 0 Å². The van der Waals surface area contributed by atoms with Gasteiger partial charge in [0.25, 0.3) is 0 Å². The fourth-order valence-corrected chi connectivity index (χ4v) is 3.37. The van der Waals surface area contributed by atoms with Crippen LogP contribution in [0.25, 0.3) is 0 Å². The van der Waals surface area contributed by atoms with Crippen LogP contribution in [0.5, 0.6) is 0 Å². The van der Waals surface area contributed by atoms with Crippen LogP contribution in [0.2, 0.25) is 0 Å². The minimum Gasteiger partial charge on any atom is -0.356 e. The zero-order valence-corrected chi connectivity index (χ0v) is 15.3. The van der Waals surface area contributed by atoms with E-state index in [0.29, 0.717) is 0 Å². The second-order valence-electron chi connectivity index (χ2n) is 7.01. The lowest BCUT2D eigenvalue weighted by atomic mass is 10.1. The summed E-state index contributed by atoms with van der Waals surface area (Å²) in [6, 6.07) is 17.1. The minimum atomic E-state index is -0.123. The Morgan fingerprint density at radius 2 is 1.85 bits per heavy atom. The fraction of sp³-hybridized carbons (Fsp3) is 0.333. The molecule has 134 valence electrons. The molecule has 1 unspecified atom stereocenters. The molecule has 1 aliphatic rings. The average molecular weight is 348 g/mol. The Morgan fingerprint density at radius 1 is 1.00 bits per heavy atom. The molecule has 1 aromatic heterocycles. The first-order valence-corrected chi connectivity index (χ1v) is 9.04. The fourth-order valence-electron chi connectivity index (χ4n) is 3.37. The standard InChI is InChI=1S/C21H24N4O/c1-16-6-8-18(9-7-16)14-25-15-20(22-23-25)21-24(10-11-26-21)13-19-5-3-4-17(2)12-19/h3-9,12,15,21H,10-11,13-14H2,1-2H3. The molecule has 0 spiro atoms. The smallest absolute Gasteiger partial charge is 0.157 e. The maximum absolute atomic E-state index is 5.94. The summed E-state index contributed by atoms with van der Waals surface area (Å²) in [5, 5.41) is 8.66.